The molecule has 0 bridgehead atoms. The number of anilines is 1. The minimum atomic E-state index is -0.481. The van der Waals surface area contributed by atoms with E-state index in [-0.39, 0.29) is 24.2 Å². The summed E-state index contributed by atoms with van der Waals surface area (Å²) < 4.78 is 0.894. The van der Waals surface area contributed by atoms with Crippen LogP contribution in [0.2, 0.25) is 0 Å². The Hall–Kier alpha value is -1.15. The van der Waals surface area contributed by atoms with Gasteiger partial charge in [0.2, 0.25) is 5.91 Å². The average Bonchev–Trinajstić information content (AvgIpc) is 3.00. The summed E-state index contributed by atoms with van der Waals surface area (Å²) >= 11 is 3.04. The van der Waals surface area contributed by atoms with E-state index in [1.165, 1.54) is 11.3 Å². The summed E-state index contributed by atoms with van der Waals surface area (Å²) in [6.07, 6.45) is 0.881. The third kappa shape index (κ3) is 5.24. The molecule has 1 aromatic heterocycles. The summed E-state index contributed by atoms with van der Waals surface area (Å²) in [6, 6.07) is 7.13. The van der Waals surface area contributed by atoms with E-state index in [9.17, 15) is 4.79 Å². The highest BCUT2D eigenvalue weighted by atomic mass is 35.5. The van der Waals surface area contributed by atoms with Crippen molar-refractivity contribution in [3.05, 3.63) is 29.8 Å². The highest BCUT2D eigenvalue weighted by Crippen LogP contribution is 2.29. The van der Waals surface area contributed by atoms with Gasteiger partial charge >= 0.3 is 0 Å². The number of aromatic nitrogens is 2. The zero-order valence-electron chi connectivity index (χ0n) is 12.4. The van der Waals surface area contributed by atoms with E-state index in [0.29, 0.717) is 0 Å². The van der Waals surface area contributed by atoms with Gasteiger partial charge in [0.25, 0.3) is 0 Å². The molecule has 1 amide bonds. The fraction of sp³-hybridized carbons (Fsp3) is 0.357. The molecule has 5 nitrogen and oxygen atoms in total. The van der Waals surface area contributed by atoms with Gasteiger partial charge in [-0.2, -0.15) is 0 Å². The number of hydrogen-bond donors (Lipinski definition) is 2. The topological polar surface area (TPSA) is 80.9 Å². The number of nitrogens with one attached hydrogen (secondary N) is 1. The predicted octanol–water partition coefficient (Wildman–Crippen LogP) is 3.42. The summed E-state index contributed by atoms with van der Waals surface area (Å²) in [7, 11) is 0. The van der Waals surface area contributed by atoms with Gasteiger partial charge in [-0.25, -0.2) is 0 Å². The lowest BCUT2D eigenvalue weighted by Gasteiger charge is -2.17. The quantitative estimate of drug-likeness (QED) is 0.826. The van der Waals surface area contributed by atoms with Gasteiger partial charge in [0.1, 0.15) is 5.51 Å². The van der Waals surface area contributed by atoms with Crippen molar-refractivity contribution < 1.29 is 4.79 Å². The first kappa shape index (κ1) is 18.9. The lowest BCUT2D eigenvalue weighted by Crippen LogP contribution is -2.40. The van der Waals surface area contributed by atoms with E-state index < -0.39 is 6.04 Å². The number of halogens is 1. The van der Waals surface area contributed by atoms with Crippen LogP contribution in [0.25, 0.3) is 0 Å². The Morgan fingerprint density at radius 2 is 2.09 bits per heavy atom. The third-order valence-electron chi connectivity index (χ3n) is 3.23. The SMILES string of the molecule is CCC(C)C(N)C(=O)Nc1ccc(Sc2nncs2)cc1.Cl. The van der Waals surface area contributed by atoms with Crippen molar-refractivity contribution in [3.63, 3.8) is 0 Å². The zero-order chi connectivity index (χ0) is 15.2. The van der Waals surface area contributed by atoms with Crippen molar-refractivity contribution >= 4 is 47.1 Å². The molecule has 0 aliphatic heterocycles. The van der Waals surface area contributed by atoms with Crippen LogP contribution in [0.15, 0.2) is 39.0 Å². The molecule has 0 spiro atoms. The van der Waals surface area contributed by atoms with Crippen molar-refractivity contribution in [3.8, 4) is 0 Å². The van der Waals surface area contributed by atoms with E-state index in [0.717, 1.165) is 21.3 Å². The summed E-state index contributed by atoms with van der Waals surface area (Å²) in [4.78, 5) is 13.0. The minimum absolute atomic E-state index is 0. The van der Waals surface area contributed by atoms with Crippen LogP contribution >= 0.6 is 35.5 Å². The smallest absolute Gasteiger partial charge is 0.241 e. The van der Waals surface area contributed by atoms with Gasteiger partial charge in [-0.1, -0.05) is 43.4 Å². The van der Waals surface area contributed by atoms with E-state index in [1.807, 2.05) is 38.1 Å². The molecule has 120 valence electrons. The third-order valence-corrected chi connectivity index (χ3v) is 5.01. The Kier molecular flexibility index (Phi) is 7.81. The lowest BCUT2D eigenvalue weighted by atomic mass is 9.99. The highest BCUT2D eigenvalue weighted by molar-refractivity contribution is 8.01. The average molecular weight is 359 g/mol. The van der Waals surface area contributed by atoms with Crippen LogP contribution in [0.4, 0.5) is 5.69 Å². The van der Waals surface area contributed by atoms with Gasteiger partial charge in [-0.05, 0) is 30.2 Å². The Labute approximate surface area is 144 Å². The largest absolute Gasteiger partial charge is 0.325 e. The molecule has 0 radical (unpaired) electrons. The van der Waals surface area contributed by atoms with Crippen molar-refractivity contribution in [2.75, 3.05) is 5.32 Å². The maximum atomic E-state index is 12.0. The second kappa shape index (κ2) is 9.09. The van der Waals surface area contributed by atoms with Crippen LogP contribution in [0, 0.1) is 5.92 Å². The van der Waals surface area contributed by atoms with Crippen LogP contribution < -0.4 is 11.1 Å². The Balaban J connectivity index is 0.00000242. The van der Waals surface area contributed by atoms with Gasteiger partial charge in [0.15, 0.2) is 4.34 Å². The number of nitrogens with two attached hydrogens (primary N) is 1. The highest BCUT2D eigenvalue weighted by Gasteiger charge is 2.19. The van der Waals surface area contributed by atoms with Crippen molar-refractivity contribution in [1.82, 2.24) is 10.2 Å². The Morgan fingerprint density at radius 3 is 2.64 bits per heavy atom. The molecular formula is C14H19ClN4OS2. The van der Waals surface area contributed by atoms with Gasteiger partial charge in [-0.15, -0.1) is 22.6 Å². The second-order valence-electron chi connectivity index (χ2n) is 4.73. The molecule has 2 rings (SSSR count). The van der Waals surface area contributed by atoms with Crippen LogP contribution in [-0.2, 0) is 4.79 Å². The summed E-state index contributed by atoms with van der Waals surface area (Å²) in [5, 5.41) is 10.6. The maximum absolute atomic E-state index is 12.0. The van der Waals surface area contributed by atoms with E-state index >= 15 is 0 Å². The van der Waals surface area contributed by atoms with Crippen molar-refractivity contribution in [2.45, 2.75) is 35.5 Å². The number of hydrogen-bond acceptors (Lipinski definition) is 6. The number of carbonyl (C=O) groups is 1. The number of rotatable bonds is 6. The lowest BCUT2D eigenvalue weighted by molar-refractivity contribution is -0.118. The van der Waals surface area contributed by atoms with Gasteiger partial charge in [0.05, 0.1) is 6.04 Å². The van der Waals surface area contributed by atoms with Crippen molar-refractivity contribution in [2.24, 2.45) is 11.7 Å². The van der Waals surface area contributed by atoms with Gasteiger partial charge in [0, 0.05) is 10.6 Å². The number of nitrogens with zero attached hydrogens (tertiary/aromatic N) is 2. The Morgan fingerprint density at radius 1 is 1.41 bits per heavy atom. The molecule has 2 unspecified atom stereocenters. The van der Waals surface area contributed by atoms with Gasteiger partial charge < -0.3 is 11.1 Å². The van der Waals surface area contributed by atoms with E-state index in [4.69, 9.17) is 5.73 Å². The first-order chi connectivity index (χ1) is 10.1. The molecule has 1 aromatic carbocycles. The maximum Gasteiger partial charge on any atom is 0.241 e. The van der Waals surface area contributed by atoms with E-state index in [1.54, 1.807) is 17.3 Å². The standard InChI is InChI=1S/C14H18N4OS2.ClH/c1-3-9(2)12(15)13(19)17-10-4-6-11(7-5-10)21-14-18-16-8-20-14;/h4-9,12H,3,15H2,1-2H3,(H,17,19);1H. The molecule has 3 N–H and O–H groups in total. The molecule has 2 aromatic rings. The zero-order valence-corrected chi connectivity index (χ0v) is 14.8. The summed E-state index contributed by atoms with van der Waals surface area (Å²) in [5.74, 6) is 0.0195. The molecule has 1 heterocycles. The molecular weight excluding hydrogens is 340 g/mol. The Bertz CT molecular complexity index is 577. The second-order valence-corrected chi connectivity index (χ2v) is 6.89. The molecule has 0 fully saturated rings. The predicted molar refractivity (Wildman–Crippen MR) is 93.8 cm³/mol. The number of amides is 1. The molecule has 0 saturated heterocycles. The fourth-order valence-corrected chi connectivity index (χ4v) is 3.10. The molecule has 0 aliphatic rings. The fourth-order valence-electron chi connectivity index (χ4n) is 1.65. The normalized spacial score (nSPS) is 13.0. The van der Waals surface area contributed by atoms with Crippen LogP contribution in [-0.4, -0.2) is 22.1 Å². The summed E-state index contributed by atoms with van der Waals surface area (Å²) in [5.41, 5.74) is 8.36. The van der Waals surface area contributed by atoms with Crippen LogP contribution in [0.3, 0.4) is 0 Å². The molecule has 22 heavy (non-hydrogen) atoms. The number of carbonyl (C=O) groups excluding carboxylic acids is 1. The minimum Gasteiger partial charge on any atom is -0.325 e. The molecule has 2 atom stereocenters. The van der Waals surface area contributed by atoms with Crippen LogP contribution in [0.1, 0.15) is 20.3 Å². The molecule has 8 heteroatoms. The molecule has 0 aliphatic carbocycles. The monoisotopic (exact) mass is 358 g/mol. The molecule has 0 saturated carbocycles. The summed E-state index contributed by atoms with van der Waals surface area (Å²) in [6.45, 7) is 4.00. The first-order valence-electron chi connectivity index (χ1n) is 6.70. The first-order valence-corrected chi connectivity index (χ1v) is 8.40. The number of benzene rings is 1. The van der Waals surface area contributed by atoms with E-state index in [2.05, 4.69) is 15.5 Å². The van der Waals surface area contributed by atoms with Gasteiger partial charge in [-0.3, -0.25) is 4.79 Å². The van der Waals surface area contributed by atoms with Crippen LogP contribution in [0.5, 0.6) is 0 Å². The van der Waals surface area contributed by atoms with Crippen molar-refractivity contribution in [1.29, 1.82) is 0 Å².